The van der Waals surface area contributed by atoms with Crippen molar-refractivity contribution >= 4 is 11.8 Å². The number of nitrogens with one attached hydrogen (secondary N) is 1. The minimum atomic E-state index is -0.407. The fourth-order valence-corrected chi connectivity index (χ4v) is 1.94. The van der Waals surface area contributed by atoms with Gasteiger partial charge in [-0.15, -0.1) is 0 Å². The number of carbonyl (C=O) groups is 2. The van der Waals surface area contributed by atoms with Crippen LogP contribution in [0, 0.1) is 5.82 Å². The highest BCUT2D eigenvalue weighted by molar-refractivity contribution is 5.96. The third-order valence-electron chi connectivity index (χ3n) is 3.19. The summed E-state index contributed by atoms with van der Waals surface area (Å²) in [5, 5.41) is 2.53. The largest absolute Gasteiger partial charge is 0.343 e. The van der Waals surface area contributed by atoms with Crippen molar-refractivity contribution in [3.05, 3.63) is 71.5 Å². The van der Waals surface area contributed by atoms with Gasteiger partial charge in [0.05, 0.1) is 6.54 Å². The van der Waals surface area contributed by atoms with Crippen LogP contribution in [0.2, 0.25) is 0 Å². The molecule has 0 radical (unpaired) electrons. The zero-order chi connectivity index (χ0) is 15.9. The molecule has 0 saturated carbocycles. The van der Waals surface area contributed by atoms with Gasteiger partial charge in [-0.05, 0) is 29.8 Å². The van der Waals surface area contributed by atoms with E-state index in [9.17, 15) is 14.0 Å². The second-order valence-corrected chi connectivity index (χ2v) is 4.92. The van der Waals surface area contributed by atoms with E-state index in [1.807, 2.05) is 30.3 Å². The number of benzene rings is 2. The normalized spacial score (nSPS) is 10.1. The van der Waals surface area contributed by atoms with Crippen LogP contribution in [0.3, 0.4) is 0 Å². The van der Waals surface area contributed by atoms with Gasteiger partial charge < -0.3 is 10.2 Å². The Morgan fingerprint density at radius 1 is 1.05 bits per heavy atom. The lowest BCUT2D eigenvalue weighted by molar-refractivity contribution is -0.129. The molecule has 0 spiro atoms. The van der Waals surface area contributed by atoms with Crippen LogP contribution in [-0.2, 0) is 11.3 Å². The molecule has 114 valence electrons. The molecule has 0 saturated heterocycles. The van der Waals surface area contributed by atoms with Crippen molar-refractivity contribution in [2.45, 2.75) is 6.54 Å². The van der Waals surface area contributed by atoms with E-state index in [0.29, 0.717) is 12.1 Å². The van der Waals surface area contributed by atoms with Crippen LogP contribution in [0.25, 0.3) is 0 Å². The van der Waals surface area contributed by atoms with Crippen molar-refractivity contribution in [1.82, 2.24) is 10.2 Å². The van der Waals surface area contributed by atoms with Gasteiger partial charge in [0, 0.05) is 19.2 Å². The van der Waals surface area contributed by atoms with Gasteiger partial charge in [-0.2, -0.15) is 0 Å². The maximum absolute atomic E-state index is 12.8. The molecule has 0 unspecified atom stereocenters. The molecule has 0 fully saturated rings. The number of halogens is 1. The molecule has 2 aromatic rings. The highest BCUT2D eigenvalue weighted by atomic mass is 19.1. The maximum atomic E-state index is 12.8. The average molecular weight is 300 g/mol. The number of nitrogens with zero attached hydrogens (tertiary/aromatic N) is 1. The zero-order valence-corrected chi connectivity index (χ0v) is 12.3. The number of amides is 2. The summed E-state index contributed by atoms with van der Waals surface area (Å²) in [4.78, 5) is 25.4. The van der Waals surface area contributed by atoms with Gasteiger partial charge in [-0.25, -0.2) is 4.39 Å². The second-order valence-electron chi connectivity index (χ2n) is 4.92. The van der Waals surface area contributed by atoms with Crippen LogP contribution >= 0.6 is 0 Å². The first-order chi connectivity index (χ1) is 10.6. The number of hydrogen-bond donors (Lipinski definition) is 1. The summed E-state index contributed by atoms with van der Waals surface area (Å²) < 4.78 is 12.8. The summed E-state index contributed by atoms with van der Waals surface area (Å²) in [5.74, 6) is -1.00. The lowest BCUT2D eigenvalue weighted by Gasteiger charge is -2.17. The summed E-state index contributed by atoms with van der Waals surface area (Å²) in [6.45, 7) is 0.381. The average Bonchev–Trinajstić information content (AvgIpc) is 2.53. The Kier molecular flexibility index (Phi) is 5.25. The van der Waals surface area contributed by atoms with Crippen molar-refractivity contribution in [3.63, 3.8) is 0 Å². The van der Waals surface area contributed by atoms with Crippen molar-refractivity contribution in [3.8, 4) is 0 Å². The SMILES string of the molecule is CN(Cc1ccccc1)C(=O)CNC(=O)c1ccc(F)cc1. The topological polar surface area (TPSA) is 49.4 Å². The molecule has 2 amide bonds. The van der Waals surface area contributed by atoms with Crippen molar-refractivity contribution in [2.24, 2.45) is 0 Å². The molecule has 5 heteroatoms. The third-order valence-corrected chi connectivity index (χ3v) is 3.19. The number of likely N-dealkylation sites (N-methyl/N-ethyl adjacent to an activating group) is 1. The molecule has 0 bridgehead atoms. The fourth-order valence-electron chi connectivity index (χ4n) is 1.94. The van der Waals surface area contributed by atoms with E-state index in [1.165, 1.54) is 24.3 Å². The minimum Gasteiger partial charge on any atom is -0.343 e. The smallest absolute Gasteiger partial charge is 0.251 e. The standard InChI is InChI=1S/C17H17FN2O2/c1-20(12-13-5-3-2-4-6-13)16(21)11-19-17(22)14-7-9-15(18)10-8-14/h2-10H,11-12H2,1H3,(H,19,22). The Morgan fingerprint density at radius 3 is 2.32 bits per heavy atom. The summed E-state index contributed by atoms with van der Waals surface area (Å²) in [6, 6.07) is 14.8. The first-order valence-electron chi connectivity index (χ1n) is 6.88. The number of hydrogen-bond acceptors (Lipinski definition) is 2. The Morgan fingerprint density at radius 2 is 1.68 bits per heavy atom. The van der Waals surface area contributed by atoms with E-state index >= 15 is 0 Å². The molecular formula is C17H17FN2O2. The number of carbonyl (C=O) groups excluding carboxylic acids is 2. The summed E-state index contributed by atoms with van der Waals surface area (Å²) in [5.41, 5.74) is 1.34. The van der Waals surface area contributed by atoms with Gasteiger partial charge in [0.2, 0.25) is 5.91 Å². The first kappa shape index (κ1) is 15.7. The second kappa shape index (κ2) is 7.36. The van der Waals surface area contributed by atoms with Crippen LogP contribution in [0.15, 0.2) is 54.6 Å². The quantitative estimate of drug-likeness (QED) is 0.920. The summed E-state index contributed by atoms with van der Waals surface area (Å²) in [7, 11) is 1.68. The highest BCUT2D eigenvalue weighted by Crippen LogP contribution is 2.04. The van der Waals surface area contributed by atoms with Crippen LogP contribution in [-0.4, -0.2) is 30.3 Å². The molecule has 0 heterocycles. The fraction of sp³-hybridized carbons (Fsp3) is 0.176. The predicted molar refractivity (Wildman–Crippen MR) is 81.6 cm³/mol. The van der Waals surface area contributed by atoms with Crippen LogP contribution in [0.5, 0.6) is 0 Å². The molecule has 2 rings (SSSR count). The van der Waals surface area contributed by atoms with Gasteiger partial charge in [0.25, 0.3) is 5.91 Å². The Bertz CT molecular complexity index is 641. The van der Waals surface area contributed by atoms with E-state index in [2.05, 4.69) is 5.32 Å². The van der Waals surface area contributed by atoms with Gasteiger partial charge in [0.15, 0.2) is 0 Å². The molecule has 0 aliphatic carbocycles. The van der Waals surface area contributed by atoms with Gasteiger partial charge in [0.1, 0.15) is 5.82 Å². The van der Waals surface area contributed by atoms with E-state index in [0.717, 1.165) is 5.56 Å². The highest BCUT2D eigenvalue weighted by Gasteiger charge is 2.12. The number of rotatable bonds is 5. The minimum absolute atomic E-state index is 0.0977. The molecule has 4 nitrogen and oxygen atoms in total. The first-order valence-corrected chi connectivity index (χ1v) is 6.88. The lowest BCUT2D eigenvalue weighted by atomic mass is 10.2. The van der Waals surface area contributed by atoms with Crippen LogP contribution in [0.4, 0.5) is 4.39 Å². The van der Waals surface area contributed by atoms with Crippen LogP contribution in [0.1, 0.15) is 15.9 Å². The molecule has 2 aromatic carbocycles. The summed E-state index contributed by atoms with van der Waals surface area (Å²) >= 11 is 0. The van der Waals surface area contributed by atoms with E-state index in [1.54, 1.807) is 11.9 Å². The Balaban J connectivity index is 1.84. The monoisotopic (exact) mass is 300 g/mol. The Hall–Kier alpha value is -2.69. The summed E-state index contributed by atoms with van der Waals surface area (Å²) in [6.07, 6.45) is 0. The van der Waals surface area contributed by atoms with Gasteiger partial charge >= 0.3 is 0 Å². The third kappa shape index (κ3) is 4.41. The Labute approximate surface area is 128 Å². The zero-order valence-electron chi connectivity index (χ0n) is 12.3. The van der Waals surface area contributed by atoms with Crippen molar-refractivity contribution in [2.75, 3.05) is 13.6 Å². The van der Waals surface area contributed by atoms with Gasteiger partial charge in [-0.1, -0.05) is 30.3 Å². The molecule has 0 aromatic heterocycles. The molecule has 0 aliphatic rings. The van der Waals surface area contributed by atoms with Crippen molar-refractivity contribution in [1.29, 1.82) is 0 Å². The molecule has 0 atom stereocenters. The van der Waals surface area contributed by atoms with E-state index in [4.69, 9.17) is 0 Å². The lowest BCUT2D eigenvalue weighted by Crippen LogP contribution is -2.37. The predicted octanol–water partition coefficient (Wildman–Crippen LogP) is 2.21. The van der Waals surface area contributed by atoms with E-state index < -0.39 is 11.7 Å². The molecule has 22 heavy (non-hydrogen) atoms. The molecular weight excluding hydrogens is 283 g/mol. The van der Waals surface area contributed by atoms with Crippen molar-refractivity contribution < 1.29 is 14.0 Å². The van der Waals surface area contributed by atoms with Crippen LogP contribution < -0.4 is 5.32 Å². The van der Waals surface area contributed by atoms with E-state index in [-0.39, 0.29) is 12.5 Å². The maximum Gasteiger partial charge on any atom is 0.251 e. The molecule has 1 N–H and O–H groups in total. The van der Waals surface area contributed by atoms with Gasteiger partial charge in [-0.3, -0.25) is 9.59 Å². The molecule has 0 aliphatic heterocycles.